The fourth-order valence-electron chi connectivity index (χ4n) is 2.40. The van der Waals surface area contributed by atoms with E-state index in [9.17, 15) is 9.90 Å². The Balaban J connectivity index is 2.15. The van der Waals surface area contributed by atoms with Crippen molar-refractivity contribution >= 4 is 5.97 Å². The maximum atomic E-state index is 11.4. The molecular weight excluding hydrogens is 192 g/mol. The highest BCUT2D eigenvalue weighted by molar-refractivity contribution is 5.74. The minimum atomic E-state index is -0.657. The Bertz CT molecular complexity index is 326. The van der Waals surface area contributed by atoms with Gasteiger partial charge in [-0.15, -0.1) is 0 Å². The van der Waals surface area contributed by atoms with E-state index in [0.717, 1.165) is 25.7 Å². The first kappa shape index (κ1) is 10.2. The van der Waals surface area contributed by atoms with Crippen LogP contribution in [0.3, 0.4) is 0 Å². The Kier molecular flexibility index (Phi) is 2.75. The van der Waals surface area contributed by atoms with Crippen LogP contribution in [-0.2, 0) is 11.3 Å². The summed E-state index contributed by atoms with van der Waals surface area (Å²) in [6.07, 6.45) is 10.0. The summed E-state index contributed by atoms with van der Waals surface area (Å²) in [4.78, 5) is 15.3. The summed E-state index contributed by atoms with van der Waals surface area (Å²) < 4.78 is 1.87. The molecule has 0 radical (unpaired) electrons. The second kappa shape index (κ2) is 4.04. The van der Waals surface area contributed by atoms with Crippen molar-refractivity contribution in [2.24, 2.45) is 5.41 Å². The predicted molar refractivity (Wildman–Crippen MR) is 55.4 cm³/mol. The largest absolute Gasteiger partial charge is 0.481 e. The molecule has 0 atom stereocenters. The number of aliphatic carboxylic acids is 1. The number of rotatable bonds is 3. The lowest BCUT2D eigenvalue weighted by Gasteiger charge is -2.33. The van der Waals surface area contributed by atoms with Gasteiger partial charge in [-0.3, -0.25) is 4.79 Å². The summed E-state index contributed by atoms with van der Waals surface area (Å²) in [7, 11) is 0. The molecule has 0 aromatic carbocycles. The van der Waals surface area contributed by atoms with Gasteiger partial charge in [-0.2, -0.15) is 0 Å². The maximum Gasteiger partial charge on any atom is 0.311 e. The van der Waals surface area contributed by atoms with Crippen LogP contribution in [-0.4, -0.2) is 20.6 Å². The van der Waals surface area contributed by atoms with Crippen molar-refractivity contribution in [2.45, 2.75) is 38.6 Å². The zero-order valence-electron chi connectivity index (χ0n) is 8.72. The fourth-order valence-corrected chi connectivity index (χ4v) is 2.40. The predicted octanol–water partition coefficient (Wildman–Crippen LogP) is 1.92. The summed E-state index contributed by atoms with van der Waals surface area (Å²) >= 11 is 0. The lowest BCUT2D eigenvalue weighted by Crippen LogP contribution is -2.37. The Morgan fingerprint density at radius 3 is 2.67 bits per heavy atom. The minimum Gasteiger partial charge on any atom is -0.481 e. The molecule has 1 heterocycles. The molecule has 4 heteroatoms. The molecule has 1 aromatic heterocycles. The monoisotopic (exact) mass is 208 g/mol. The van der Waals surface area contributed by atoms with Crippen LogP contribution in [0.15, 0.2) is 18.7 Å². The van der Waals surface area contributed by atoms with E-state index < -0.39 is 11.4 Å². The highest BCUT2D eigenvalue weighted by atomic mass is 16.4. The molecule has 4 nitrogen and oxygen atoms in total. The zero-order chi connectivity index (χ0) is 10.7. The van der Waals surface area contributed by atoms with Gasteiger partial charge in [0.25, 0.3) is 0 Å². The van der Waals surface area contributed by atoms with E-state index in [-0.39, 0.29) is 0 Å². The Hall–Kier alpha value is -1.32. The van der Waals surface area contributed by atoms with Crippen LogP contribution in [0.5, 0.6) is 0 Å². The SMILES string of the molecule is O=C(O)C1(Cn2ccnc2)CCCCC1. The van der Waals surface area contributed by atoms with Crippen LogP contribution in [0, 0.1) is 5.41 Å². The van der Waals surface area contributed by atoms with Crippen molar-refractivity contribution in [3.05, 3.63) is 18.7 Å². The zero-order valence-corrected chi connectivity index (χ0v) is 8.72. The van der Waals surface area contributed by atoms with Crippen molar-refractivity contribution in [1.29, 1.82) is 0 Å². The van der Waals surface area contributed by atoms with Gasteiger partial charge in [0.05, 0.1) is 11.7 Å². The summed E-state index contributed by atoms with van der Waals surface area (Å²) in [6, 6.07) is 0. The topological polar surface area (TPSA) is 55.1 Å². The van der Waals surface area contributed by atoms with Gasteiger partial charge in [-0.05, 0) is 12.8 Å². The van der Waals surface area contributed by atoms with Gasteiger partial charge in [0.15, 0.2) is 0 Å². The summed E-state index contributed by atoms with van der Waals surface area (Å²) in [5.41, 5.74) is -0.557. The van der Waals surface area contributed by atoms with Crippen molar-refractivity contribution in [1.82, 2.24) is 9.55 Å². The molecule has 0 saturated heterocycles. The number of nitrogens with zero attached hydrogens (tertiary/aromatic N) is 2. The third-order valence-corrected chi connectivity index (χ3v) is 3.31. The molecule has 15 heavy (non-hydrogen) atoms. The first-order valence-corrected chi connectivity index (χ1v) is 5.42. The molecule has 1 aromatic rings. The molecule has 82 valence electrons. The van der Waals surface area contributed by atoms with Crippen molar-refractivity contribution < 1.29 is 9.90 Å². The Labute approximate surface area is 88.9 Å². The van der Waals surface area contributed by atoms with Gasteiger partial charge in [0.2, 0.25) is 0 Å². The van der Waals surface area contributed by atoms with Crippen LogP contribution in [0.25, 0.3) is 0 Å². The molecule has 1 saturated carbocycles. The number of hydrogen-bond donors (Lipinski definition) is 1. The van der Waals surface area contributed by atoms with Gasteiger partial charge in [0.1, 0.15) is 0 Å². The minimum absolute atomic E-state index is 0.557. The highest BCUT2D eigenvalue weighted by Gasteiger charge is 2.39. The first-order chi connectivity index (χ1) is 7.23. The lowest BCUT2D eigenvalue weighted by atomic mass is 9.74. The van der Waals surface area contributed by atoms with Crippen LogP contribution in [0.2, 0.25) is 0 Å². The van der Waals surface area contributed by atoms with Gasteiger partial charge < -0.3 is 9.67 Å². The lowest BCUT2D eigenvalue weighted by molar-refractivity contribution is -0.152. The van der Waals surface area contributed by atoms with Gasteiger partial charge in [-0.1, -0.05) is 19.3 Å². The van der Waals surface area contributed by atoms with E-state index in [1.807, 2.05) is 10.8 Å². The molecule has 1 N–H and O–H groups in total. The average Bonchev–Trinajstić information content (AvgIpc) is 2.71. The molecule has 0 amide bonds. The summed E-state index contributed by atoms with van der Waals surface area (Å²) in [5, 5.41) is 9.35. The Morgan fingerprint density at radius 2 is 2.13 bits per heavy atom. The Morgan fingerprint density at radius 1 is 1.40 bits per heavy atom. The number of aromatic nitrogens is 2. The van der Waals surface area contributed by atoms with E-state index >= 15 is 0 Å². The normalized spacial score (nSPS) is 20.0. The van der Waals surface area contributed by atoms with Crippen molar-refractivity contribution in [3.8, 4) is 0 Å². The number of carboxylic acid groups (broad SMARTS) is 1. The third-order valence-electron chi connectivity index (χ3n) is 3.31. The van der Waals surface area contributed by atoms with Crippen LogP contribution < -0.4 is 0 Å². The number of carboxylic acids is 1. The van der Waals surface area contributed by atoms with Crippen LogP contribution in [0.4, 0.5) is 0 Å². The molecule has 0 bridgehead atoms. The first-order valence-electron chi connectivity index (χ1n) is 5.42. The number of hydrogen-bond acceptors (Lipinski definition) is 2. The van der Waals surface area contributed by atoms with Crippen LogP contribution >= 0.6 is 0 Å². The third kappa shape index (κ3) is 2.03. The van der Waals surface area contributed by atoms with Gasteiger partial charge in [0, 0.05) is 18.9 Å². The van der Waals surface area contributed by atoms with Gasteiger partial charge >= 0.3 is 5.97 Å². The standard InChI is InChI=1S/C11H16N2O2/c14-10(15)11(4-2-1-3-5-11)8-13-7-6-12-9-13/h6-7,9H,1-5,8H2,(H,14,15). The highest BCUT2D eigenvalue weighted by Crippen LogP contribution is 2.38. The molecular formula is C11H16N2O2. The molecule has 2 rings (SSSR count). The van der Waals surface area contributed by atoms with Crippen LogP contribution in [0.1, 0.15) is 32.1 Å². The quantitative estimate of drug-likeness (QED) is 0.825. The van der Waals surface area contributed by atoms with Gasteiger partial charge in [-0.25, -0.2) is 4.98 Å². The van der Waals surface area contributed by atoms with E-state index in [0.29, 0.717) is 6.54 Å². The summed E-state index contributed by atoms with van der Waals surface area (Å²) in [5.74, 6) is -0.657. The van der Waals surface area contributed by atoms with Crippen molar-refractivity contribution in [3.63, 3.8) is 0 Å². The molecule has 0 aliphatic heterocycles. The second-order valence-electron chi connectivity index (χ2n) is 4.38. The molecule has 1 aliphatic carbocycles. The number of imidazole rings is 1. The number of carbonyl (C=O) groups is 1. The molecule has 1 aliphatic rings. The van der Waals surface area contributed by atoms with E-state index in [4.69, 9.17) is 0 Å². The fraction of sp³-hybridized carbons (Fsp3) is 0.636. The van der Waals surface area contributed by atoms with E-state index in [1.54, 1.807) is 12.5 Å². The second-order valence-corrected chi connectivity index (χ2v) is 4.38. The molecule has 0 unspecified atom stereocenters. The molecule has 0 spiro atoms. The summed E-state index contributed by atoms with van der Waals surface area (Å²) in [6.45, 7) is 0.558. The average molecular weight is 208 g/mol. The maximum absolute atomic E-state index is 11.4. The van der Waals surface area contributed by atoms with E-state index in [1.165, 1.54) is 6.42 Å². The van der Waals surface area contributed by atoms with E-state index in [2.05, 4.69) is 4.98 Å². The molecule has 1 fully saturated rings. The van der Waals surface area contributed by atoms with Crippen molar-refractivity contribution in [2.75, 3.05) is 0 Å². The smallest absolute Gasteiger partial charge is 0.311 e.